The first-order chi connectivity index (χ1) is 6.74. The lowest BCUT2D eigenvalue weighted by Crippen LogP contribution is -2.24. The van der Waals surface area contributed by atoms with Crippen LogP contribution in [0.15, 0.2) is 17.1 Å². The third kappa shape index (κ3) is 3.47. The minimum absolute atomic E-state index is 0.0977. The molecule has 0 bridgehead atoms. The second-order valence-electron chi connectivity index (χ2n) is 2.90. The molecule has 0 fully saturated rings. The molecule has 1 aromatic rings. The summed E-state index contributed by atoms with van der Waals surface area (Å²) in [5.74, 6) is 0.468. The molecule has 0 N–H and O–H groups in total. The number of nitrogens with zero attached hydrogens (tertiary/aromatic N) is 2. The van der Waals surface area contributed by atoms with Gasteiger partial charge in [0.05, 0.1) is 26.0 Å². The summed E-state index contributed by atoms with van der Waals surface area (Å²) in [6, 6.07) is 1.55. The van der Waals surface area contributed by atoms with E-state index in [4.69, 9.17) is 16.3 Å². The molecule has 0 aliphatic carbocycles. The van der Waals surface area contributed by atoms with Crippen LogP contribution in [0.1, 0.15) is 5.56 Å². The summed E-state index contributed by atoms with van der Waals surface area (Å²) in [6.07, 6.45) is 1.66. The molecule has 0 unspecified atom stereocenters. The highest BCUT2D eigenvalue weighted by Gasteiger charge is 1.96. The number of halogens is 1. The van der Waals surface area contributed by atoms with Gasteiger partial charge in [-0.05, 0) is 12.5 Å². The Morgan fingerprint density at radius 3 is 3.00 bits per heavy atom. The highest BCUT2D eigenvalue weighted by Crippen LogP contribution is 1.87. The molecule has 4 nitrogen and oxygen atoms in total. The van der Waals surface area contributed by atoms with Crippen molar-refractivity contribution in [1.29, 1.82) is 0 Å². The van der Waals surface area contributed by atoms with Crippen molar-refractivity contribution >= 4 is 11.6 Å². The Labute approximate surface area is 87.5 Å². The molecule has 0 amide bonds. The quantitative estimate of drug-likeness (QED) is 0.541. The van der Waals surface area contributed by atoms with Crippen molar-refractivity contribution in [2.45, 2.75) is 13.5 Å². The zero-order valence-electron chi connectivity index (χ0n) is 8.07. The summed E-state index contributed by atoms with van der Waals surface area (Å²) in [6.45, 7) is 3.27. The van der Waals surface area contributed by atoms with Crippen LogP contribution in [0.2, 0.25) is 0 Å². The van der Waals surface area contributed by atoms with E-state index in [1.807, 2.05) is 6.92 Å². The van der Waals surface area contributed by atoms with Crippen LogP contribution in [-0.4, -0.2) is 28.9 Å². The minimum Gasteiger partial charge on any atom is -0.378 e. The Balaban J connectivity index is 2.47. The van der Waals surface area contributed by atoms with Crippen LogP contribution < -0.4 is 5.56 Å². The van der Waals surface area contributed by atoms with Crippen LogP contribution in [0.3, 0.4) is 0 Å². The maximum atomic E-state index is 11.3. The Kier molecular flexibility index (Phi) is 4.62. The summed E-state index contributed by atoms with van der Waals surface area (Å²) < 4.78 is 6.52. The SMILES string of the molecule is Cc1cnn(CCOCCCl)c(=O)c1. The number of aryl methyl sites for hydroxylation is 1. The molecule has 0 saturated carbocycles. The van der Waals surface area contributed by atoms with Crippen molar-refractivity contribution in [3.05, 3.63) is 28.2 Å². The first kappa shape index (κ1) is 11.2. The lowest BCUT2D eigenvalue weighted by molar-refractivity contribution is 0.136. The molecule has 0 aliphatic rings. The molecule has 0 atom stereocenters. The van der Waals surface area contributed by atoms with Gasteiger partial charge in [-0.3, -0.25) is 4.79 Å². The molecule has 1 aromatic heterocycles. The number of ether oxygens (including phenoxy) is 1. The van der Waals surface area contributed by atoms with Gasteiger partial charge in [-0.1, -0.05) is 0 Å². The van der Waals surface area contributed by atoms with E-state index in [1.54, 1.807) is 12.3 Å². The molecule has 0 aromatic carbocycles. The van der Waals surface area contributed by atoms with Gasteiger partial charge >= 0.3 is 0 Å². The standard InChI is InChI=1S/C9H13ClN2O2/c1-8-6-9(13)12(11-7-8)3-5-14-4-2-10/h6-7H,2-5H2,1H3. The maximum absolute atomic E-state index is 11.3. The van der Waals surface area contributed by atoms with E-state index >= 15 is 0 Å². The third-order valence-electron chi connectivity index (χ3n) is 1.68. The Hall–Kier alpha value is -0.870. The van der Waals surface area contributed by atoms with Crippen molar-refractivity contribution < 1.29 is 4.74 Å². The number of alkyl halides is 1. The molecule has 0 radical (unpaired) electrons. The van der Waals surface area contributed by atoms with Gasteiger partial charge in [0.25, 0.3) is 5.56 Å². The minimum atomic E-state index is -0.0977. The number of rotatable bonds is 5. The molecule has 0 aliphatic heterocycles. The van der Waals surface area contributed by atoms with Crippen LogP contribution in [0.5, 0.6) is 0 Å². The fourth-order valence-corrected chi connectivity index (χ4v) is 1.11. The first-order valence-corrected chi connectivity index (χ1v) is 4.95. The van der Waals surface area contributed by atoms with E-state index in [9.17, 15) is 4.79 Å². The van der Waals surface area contributed by atoms with Gasteiger partial charge in [-0.25, -0.2) is 4.68 Å². The van der Waals surface area contributed by atoms with Gasteiger partial charge in [0, 0.05) is 11.9 Å². The average molecular weight is 217 g/mol. The van der Waals surface area contributed by atoms with Gasteiger partial charge in [-0.15, -0.1) is 11.6 Å². The lowest BCUT2D eigenvalue weighted by atomic mass is 10.3. The van der Waals surface area contributed by atoms with Gasteiger partial charge < -0.3 is 4.74 Å². The maximum Gasteiger partial charge on any atom is 0.267 e. The van der Waals surface area contributed by atoms with Crippen LogP contribution in [-0.2, 0) is 11.3 Å². The zero-order valence-corrected chi connectivity index (χ0v) is 8.83. The van der Waals surface area contributed by atoms with Crippen LogP contribution in [0.4, 0.5) is 0 Å². The van der Waals surface area contributed by atoms with E-state index in [0.29, 0.717) is 25.6 Å². The first-order valence-electron chi connectivity index (χ1n) is 4.41. The molecule has 1 rings (SSSR count). The van der Waals surface area contributed by atoms with Crippen molar-refractivity contribution in [3.63, 3.8) is 0 Å². The third-order valence-corrected chi connectivity index (χ3v) is 1.83. The van der Waals surface area contributed by atoms with Gasteiger partial charge in [0.1, 0.15) is 0 Å². The van der Waals surface area contributed by atoms with Crippen LogP contribution in [0.25, 0.3) is 0 Å². The normalized spacial score (nSPS) is 10.4. The molecule has 0 saturated heterocycles. The molecular weight excluding hydrogens is 204 g/mol. The molecule has 14 heavy (non-hydrogen) atoms. The molecule has 0 spiro atoms. The van der Waals surface area contributed by atoms with E-state index in [1.165, 1.54) is 4.68 Å². The molecule has 1 heterocycles. The number of hydrogen-bond acceptors (Lipinski definition) is 3. The monoisotopic (exact) mass is 216 g/mol. The largest absolute Gasteiger partial charge is 0.378 e. The fraction of sp³-hybridized carbons (Fsp3) is 0.556. The van der Waals surface area contributed by atoms with Crippen LogP contribution in [0, 0.1) is 6.92 Å². The summed E-state index contributed by atoms with van der Waals surface area (Å²) >= 11 is 5.43. The van der Waals surface area contributed by atoms with E-state index < -0.39 is 0 Å². The smallest absolute Gasteiger partial charge is 0.267 e. The Morgan fingerprint density at radius 1 is 1.57 bits per heavy atom. The summed E-state index contributed by atoms with van der Waals surface area (Å²) in [7, 11) is 0. The van der Waals surface area contributed by atoms with Crippen LogP contribution >= 0.6 is 11.6 Å². The van der Waals surface area contributed by atoms with E-state index in [-0.39, 0.29) is 5.56 Å². The summed E-state index contributed by atoms with van der Waals surface area (Å²) in [5, 5.41) is 3.97. The second kappa shape index (κ2) is 5.78. The van der Waals surface area contributed by atoms with Crippen molar-refractivity contribution in [1.82, 2.24) is 9.78 Å². The lowest BCUT2D eigenvalue weighted by Gasteiger charge is -2.04. The van der Waals surface area contributed by atoms with Crippen molar-refractivity contribution in [2.75, 3.05) is 19.1 Å². The number of aromatic nitrogens is 2. The summed E-state index contributed by atoms with van der Waals surface area (Å²) in [4.78, 5) is 11.3. The topological polar surface area (TPSA) is 44.1 Å². The summed E-state index contributed by atoms with van der Waals surface area (Å²) in [5.41, 5.74) is 0.771. The van der Waals surface area contributed by atoms with Crippen molar-refractivity contribution in [3.8, 4) is 0 Å². The van der Waals surface area contributed by atoms with Crippen molar-refractivity contribution in [2.24, 2.45) is 0 Å². The van der Waals surface area contributed by atoms with Gasteiger partial charge in [0.2, 0.25) is 0 Å². The molecule has 5 heteroatoms. The van der Waals surface area contributed by atoms with E-state index in [2.05, 4.69) is 5.10 Å². The highest BCUT2D eigenvalue weighted by molar-refractivity contribution is 6.17. The predicted molar refractivity (Wildman–Crippen MR) is 54.8 cm³/mol. The van der Waals surface area contributed by atoms with Gasteiger partial charge in [-0.2, -0.15) is 5.10 Å². The zero-order chi connectivity index (χ0) is 10.4. The molecule has 78 valence electrons. The predicted octanol–water partition coefficient (Wildman–Crippen LogP) is 0.807. The Bertz CT molecular complexity index is 338. The number of hydrogen-bond donors (Lipinski definition) is 0. The average Bonchev–Trinajstić information content (AvgIpc) is 2.15. The second-order valence-corrected chi connectivity index (χ2v) is 3.27. The molecular formula is C9H13ClN2O2. The highest BCUT2D eigenvalue weighted by atomic mass is 35.5. The fourth-order valence-electron chi connectivity index (χ4n) is 1.000. The van der Waals surface area contributed by atoms with Gasteiger partial charge in [0.15, 0.2) is 0 Å². The van der Waals surface area contributed by atoms with E-state index in [0.717, 1.165) is 5.56 Å². The Morgan fingerprint density at radius 2 is 2.36 bits per heavy atom.